The van der Waals surface area contributed by atoms with Gasteiger partial charge < -0.3 is 9.88 Å². The first-order chi connectivity index (χ1) is 9.47. The van der Waals surface area contributed by atoms with E-state index < -0.39 is 0 Å². The number of carbonyl (C=O) groups is 1. The zero-order chi connectivity index (χ0) is 14.7. The molecule has 4 nitrogen and oxygen atoms in total. The molecule has 2 rings (SSSR count). The van der Waals surface area contributed by atoms with Crippen LogP contribution in [0.3, 0.4) is 0 Å². The smallest absolute Gasteiger partial charge is 0.254 e. The van der Waals surface area contributed by atoms with Gasteiger partial charge in [0.25, 0.3) is 5.91 Å². The summed E-state index contributed by atoms with van der Waals surface area (Å²) >= 11 is 3.08. The van der Waals surface area contributed by atoms with E-state index in [1.54, 1.807) is 19.2 Å². The van der Waals surface area contributed by atoms with Gasteiger partial charge in [-0.2, -0.15) is 0 Å². The molecule has 0 aliphatic heterocycles. The number of rotatable bonds is 3. The highest BCUT2D eigenvalue weighted by molar-refractivity contribution is 9.10. The molecule has 2 aromatic rings. The normalized spacial score (nSPS) is 10.3. The summed E-state index contributed by atoms with van der Waals surface area (Å²) in [5.41, 5.74) is 0.638. The minimum absolute atomic E-state index is 0.260. The monoisotopic (exact) mass is 338 g/mol. The number of nitrogens with one attached hydrogen (secondary N) is 1. The third kappa shape index (κ3) is 3.33. The maximum Gasteiger partial charge on any atom is 0.254 e. The number of pyridine rings is 1. The molecule has 1 heterocycles. The summed E-state index contributed by atoms with van der Waals surface area (Å²) in [4.78, 5) is 27.2. The molecule has 0 atom stereocenters. The van der Waals surface area contributed by atoms with Crippen molar-refractivity contribution in [3.8, 4) is 0 Å². The molecule has 0 radical (unpaired) electrons. The van der Waals surface area contributed by atoms with Crippen molar-refractivity contribution in [1.29, 1.82) is 0 Å². The Morgan fingerprint density at radius 2 is 2.10 bits per heavy atom. The molecule has 1 N–H and O–H groups in total. The molecule has 0 fully saturated rings. The number of H-pyrrole nitrogens is 1. The molecule has 1 aromatic carbocycles. The quantitative estimate of drug-likeness (QED) is 0.934. The van der Waals surface area contributed by atoms with Crippen molar-refractivity contribution in [2.45, 2.75) is 6.54 Å². The summed E-state index contributed by atoms with van der Waals surface area (Å²) in [5, 5.41) is 0. The fraction of sp³-hybridized carbons (Fsp3) is 0.143. The molecular formula is C14H12BrFN2O2. The number of aromatic amines is 1. The average molecular weight is 339 g/mol. The van der Waals surface area contributed by atoms with Gasteiger partial charge in [-0.25, -0.2) is 4.39 Å². The van der Waals surface area contributed by atoms with Crippen LogP contribution < -0.4 is 5.56 Å². The summed E-state index contributed by atoms with van der Waals surface area (Å²) in [5.74, 6) is -0.668. The zero-order valence-electron chi connectivity index (χ0n) is 10.7. The van der Waals surface area contributed by atoms with Crippen molar-refractivity contribution < 1.29 is 9.18 Å². The molecule has 0 saturated heterocycles. The Balaban J connectivity index is 2.15. The van der Waals surface area contributed by atoms with Crippen LogP contribution in [0.2, 0.25) is 0 Å². The molecule has 1 aromatic heterocycles. The zero-order valence-corrected chi connectivity index (χ0v) is 12.3. The van der Waals surface area contributed by atoms with Crippen molar-refractivity contribution >= 4 is 21.8 Å². The van der Waals surface area contributed by atoms with E-state index in [9.17, 15) is 14.0 Å². The number of benzene rings is 1. The third-order valence-corrected chi connectivity index (χ3v) is 3.42. The van der Waals surface area contributed by atoms with E-state index in [1.165, 1.54) is 29.3 Å². The Hall–Kier alpha value is -1.95. The Morgan fingerprint density at radius 3 is 2.75 bits per heavy atom. The van der Waals surface area contributed by atoms with Gasteiger partial charge in [0.05, 0.1) is 4.47 Å². The van der Waals surface area contributed by atoms with Crippen molar-refractivity contribution in [3.05, 3.63) is 68.3 Å². The van der Waals surface area contributed by atoms with Crippen LogP contribution in [-0.4, -0.2) is 22.8 Å². The van der Waals surface area contributed by atoms with Gasteiger partial charge in [-0.1, -0.05) is 6.07 Å². The molecule has 6 heteroatoms. The van der Waals surface area contributed by atoms with Crippen LogP contribution >= 0.6 is 15.9 Å². The lowest BCUT2D eigenvalue weighted by molar-refractivity contribution is 0.0784. The van der Waals surface area contributed by atoms with Crippen molar-refractivity contribution in [2.75, 3.05) is 7.05 Å². The fourth-order valence-electron chi connectivity index (χ4n) is 1.78. The average Bonchev–Trinajstić information content (AvgIpc) is 2.42. The lowest BCUT2D eigenvalue weighted by atomic mass is 10.2. The molecule has 0 unspecified atom stereocenters. The van der Waals surface area contributed by atoms with Crippen molar-refractivity contribution in [3.63, 3.8) is 0 Å². The molecule has 0 aliphatic rings. The second-order valence-electron chi connectivity index (χ2n) is 4.35. The van der Waals surface area contributed by atoms with E-state index in [0.29, 0.717) is 15.6 Å². The van der Waals surface area contributed by atoms with Gasteiger partial charge in [0.15, 0.2) is 0 Å². The highest BCUT2D eigenvalue weighted by Crippen LogP contribution is 2.17. The second-order valence-corrected chi connectivity index (χ2v) is 5.21. The van der Waals surface area contributed by atoms with Crippen LogP contribution in [-0.2, 0) is 6.54 Å². The Labute approximate surface area is 123 Å². The summed E-state index contributed by atoms with van der Waals surface area (Å²) < 4.78 is 13.8. The summed E-state index contributed by atoms with van der Waals surface area (Å²) in [6.07, 6.45) is 1.42. The van der Waals surface area contributed by atoms with Crippen LogP contribution in [0.5, 0.6) is 0 Å². The highest BCUT2D eigenvalue weighted by atomic mass is 79.9. The molecule has 0 spiro atoms. The third-order valence-electron chi connectivity index (χ3n) is 2.77. The van der Waals surface area contributed by atoms with E-state index in [4.69, 9.17) is 0 Å². The lowest BCUT2D eigenvalue weighted by Crippen LogP contribution is -2.27. The van der Waals surface area contributed by atoms with Gasteiger partial charge >= 0.3 is 0 Å². The van der Waals surface area contributed by atoms with Crippen LogP contribution in [0.4, 0.5) is 4.39 Å². The fourth-order valence-corrected chi connectivity index (χ4v) is 2.03. The van der Waals surface area contributed by atoms with Gasteiger partial charge in [0, 0.05) is 31.4 Å². The lowest BCUT2D eigenvalue weighted by Gasteiger charge is -2.17. The Kier molecular flexibility index (Phi) is 4.34. The minimum Gasteiger partial charge on any atom is -0.337 e. The Morgan fingerprint density at radius 1 is 1.35 bits per heavy atom. The molecule has 0 bridgehead atoms. The van der Waals surface area contributed by atoms with Gasteiger partial charge in [0.2, 0.25) is 5.56 Å². The number of carbonyl (C=O) groups excluding carboxylic acids is 1. The first-order valence-corrected chi connectivity index (χ1v) is 6.65. The molecule has 1 amide bonds. The largest absolute Gasteiger partial charge is 0.337 e. The van der Waals surface area contributed by atoms with Gasteiger partial charge in [-0.05, 0) is 39.7 Å². The number of amides is 1. The topological polar surface area (TPSA) is 53.2 Å². The van der Waals surface area contributed by atoms with Gasteiger partial charge in [0.1, 0.15) is 5.82 Å². The SMILES string of the molecule is CN(Cc1ccc(Br)c(F)c1)C(=O)c1cc[nH]c(=O)c1. The predicted molar refractivity (Wildman–Crippen MR) is 77.0 cm³/mol. The number of hydrogen-bond donors (Lipinski definition) is 1. The summed E-state index contributed by atoms with van der Waals surface area (Å²) in [6, 6.07) is 7.46. The van der Waals surface area contributed by atoms with Crippen LogP contribution in [0.15, 0.2) is 45.8 Å². The van der Waals surface area contributed by atoms with E-state index >= 15 is 0 Å². The van der Waals surface area contributed by atoms with E-state index in [2.05, 4.69) is 20.9 Å². The maximum absolute atomic E-state index is 13.4. The number of nitrogens with zero attached hydrogens (tertiary/aromatic N) is 1. The molecule has 0 aliphatic carbocycles. The molecule has 104 valence electrons. The highest BCUT2D eigenvalue weighted by Gasteiger charge is 2.13. The second kappa shape index (κ2) is 6.00. The number of aromatic nitrogens is 1. The van der Waals surface area contributed by atoms with Gasteiger partial charge in [-0.15, -0.1) is 0 Å². The van der Waals surface area contributed by atoms with Crippen LogP contribution in [0.1, 0.15) is 15.9 Å². The molecular weight excluding hydrogens is 327 g/mol. The number of hydrogen-bond acceptors (Lipinski definition) is 2. The van der Waals surface area contributed by atoms with Crippen molar-refractivity contribution in [1.82, 2.24) is 9.88 Å². The molecule has 0 saturated carbocycles. The van der Waals surface area contributed by atoms with E-state index in [0.717, 1.165) is 0 Å². The van der Waals surface area contributed by atoms with E-state index in [-0.39, 0.29) is 23.8 Å². The van der Waals surface area contributed by atoms with Gasteiger partial charge in [-0.3, -0.25) is 9.59 Å². The van der Waals surface area contributed by atoms with Crippen LogP contribution in [0, 0.1) is 5.82 Å². The number of halogens is 2. The standard InChI is InChI=1S/C14H12BrFN2O2/c1-18(8-9-2-3-11(15)12(16)6-9)14(20)10-4-5-17-13(19)7-10/h2-7H,8H2,1H3,(H,17,19). The summed E-state index contributed by atoms with van der Waals surface area (Å²) in [6.45, 7) is 0.260. The van der Waals surface area contributed by atoms with E-state index in [1.807, 2.05) is 0 Å². The first kappa shape index (κ1) is 14.5. The first-order valence-electron chi connectivity index (χ1n) is 5.85. The minimum atomic E-state index is -0.375. The van der Waals surface area contributed by atoms with Crippen molar-refractivity contribution in [2.24, 2.45) is 0 Å². The Bertz CT molecular complexity index is 700. The molecule has 20 heavy (non-hydrogen) atoms. The predicted octanol–water partition coefficient (Wildman–Crippen LogP) is 2.55. The maximum atomic E-state index is 13.4. The van der Waals surface area contributed by atoms with Crippen LogP contribution in [0.25, 0.3) is 0 Å². The summed E-state index contributed by atoms with van der Waals surface area (Å²) in [7, 11) is 1.60.